The number of benzene rings is 6. The second-order valence-electron chi connectivity index (χ2n) is 12.3. The van der Waals surface area contributed by atoms with E-state index in [2.05, 4.69) is 134 Å². The molecule has 2 unspecified atom stereocenters. The van der Waals surface area contributed by atoms with Crippen LogP contribution in [0.1, 0.15) is 23.0 Å². The lowest BCUT2D eigenvalue weighted by atomic mass is 9.60. The van der Waals surface area contributed by atoms with Crippen LogP contribution in [0.5, 0.6) is 0 Å². The molecule has 2 atom stereocenters. The Kier molecular flexibility index (Phi) is 5.50. The summed E-state index contributed by atoms with van der Waals surface area (Å²) in [5.74, 6) is -0.816. The number of fused-ring (bicyclic) bond motifs is 4. The van der Waals surface area contributed by atoms with E-state index in [1.54, 1.807) is 0 Å². The number of aliphatic hydroxyl groups excluding tert-OH is 2. The van der Waals surface area contributed by atoms with Crippen molar-refractivity contribution in [2.45, 2.75) is 24.0 Å². The van der Waals surface area contributed by atoms with Gasteiger partial charge in [-0.2, -0.15) is 0 Å². The molecule has 5 heteroatoms. The maximum absolute atomic E-state index is 12.2. The van der Waals surface area contributed by atoms with Crippen molar-refractivity contribution < 1.29 is 10.2 Å². The topological polar surface area (TPSA) is 50.2 Å². The Hall–Kier alpha value is -4.32. The van der Waals surface area contributed by atoms with Crippen LogP contribution in [-0.4, -0.2) is 57.3 Å². The van der Waals surface area contributed by atoms with Crippen LogP contribution < -0.4 is 14.7 Å². The Bertz CT molecular complexity index is 1980. The smallest absolute Gasteiger partial charge is 0.0897 e. The van der Waals surface area contributed by atoms with Gasteiger partial charge in [0.25, 0.3) is 0 Å². The summed E-state index contributed by atoms with van der Waals surface area (Å²) in [5, 5.41) is 33.4. The van der Waals surface area contributed by atoms with Gasteiger partial charge in [0.15, 0.2) is 0 Å². The summed E-state index contributed by atoms with van der Waals surface area (Å²) in [6.07, 6.45) is -1.48. The van der Waals surface area contributed by atoms with Crippen LogP contribution in [0, 0.1) is 0 Å². The van der Waals surface area contributed by atoms with Crippen LogP contribution in [-0.2, 0) is 0 Å². The summed E-state index contributed by atoms with van der Waals surface area (Å²) in [7, 11) is 8.42. The Morgan fingerprint density at radius 3 is 1.57 bits per heavy atom. The monoisotopic (exact) mass is 553 g/mol. The van der Waals surface area contributed by atoms with E-state index in [1.165, 1.54) is 16.8 Å². The molecule has 210 valence electrons. The third kappa shape index (κ3) is 3.26. The molecule has 2 N–H and O–H groups in total. The quantitative estimate of drug-likeness (QED) is 0.236. The highest BCUT2D eigenvalue weighted by molar-refractivity contribution is 6.19. The van der Waals surface area contributed by atoms with E-state index in [1.807, 2.05) is 0 Å². The highest BCUT2D eigenvalue weighted by Gasteiger charge is 2.52. The Morgan fingerprint density at radius 1 is 0.571 bits per heavy atom. The maximum atomic E-state index is 12.2. The van der Waals surface area contributed by atoms with Gasteiger partial charge in [-0.05, 0) is 38.7 Å². The van der Waals surface area contributed by atoms with Crippen LogP contribution >= 0.6 is 0 Å². The summed E-state index contributed by atoms with van der Waals surface area (Å²) in [4.78, 5) is 6.75. The first-order valence-electron chi connectivity index (χ1n) is 14.7. The third-order valence-electron chi connectivity index (χ3n) is 9.79. The number of rotatable bonds is 3. The van der Waals surface area contributed by atoms with Crippen molar-refractivity contribution in [3.8, 4) is 0 Å². The number of hydrogen-bond acceptors (Lipinski definition) is 5. The van der Waals surface area contributed by atoms with E-state index in [0.29, 0.717) is 0 Å². The van der Waals surface area contributed by atoms with Crippen molar-refractivity contribution in [2.75, 3.05) is 49.6 Å². The SMILES string of the molecule is CN(C)c1c2ccccc2c(C2C(O)C(c3c4ccccc4c4c5c(cccc35)N(C)CN4C)C2O)c2ccccc12. The van der Waals surface area contributed by atoms with Crippen LogP contribution in [0.3, 0.4) is 0 Å². The molecule has 0 amide bonds. The Labute approximate surface area is 245 Å². The normalized spacial score (nSPS) is 21.9. The third-order valence-corrected chi connectivity index (χ3v) is 9.79. The average Bonchev–Trinajstić information content (AvgIpc) is 2.99. The van der Waals surface area contributed by atoms with Gasteiger partial charge in [-0.3, -0.25) is 0 Å². The van der Waals surface area contributed by atoms with Gasteiger partial charge in [0.05, 0.1) is 30.3 Å². The fraction of sp³-hybridized carbons (Fsp3) is 0.243. The highest BCUT2D eigenvalue weighted by atomic mass is 16.3. The van der Waals surface area contributed by atoms with Crippen LogP contribution in [0.2, 0.25) is 0 Å². The number of nitrogens with zero attached hydrogens (tertiary/aromatic N) is 3. The minimum Gasteiger partial charge on any atom is -0.392 e. The molecule has 1 heterocycles. The van der Waals surface area contributed by atoms with E-state index in [4.69, 9.17) is 0 Å². The lowest BCUT2D eigenvalue weighted by Gasteiger charge is -2.49. The van der Waals surface area contributed by atoms with E-state index in [9.17, 15) is 10.2 Å². The number of anilines is 3. The first kappa shape index (κ1) is 25.4. The molecule has 0 bridgehead atoms. The molecule has 1 saturated carbocycles. The Balaban J connectivity index is 1.37. The molecular formula is C37H35N3O2. The molecule has 0 saturated heterocycles. The van der Waals surface area contributed by atoms with E-state index >= 15 is 0 Å². The fourth-order valence-electron chi connectivity index (χ4n) is 8.12. The molecule has 1 aliphatic carbocycles. The first-order valence-corrected chi connectivity index (χ1v) is 14.7. The first-order chi connectivity index (χ1) is 20.4. The molecule has 1 aliphatic heterocycles. The molecular weight excluding hydrogens is 518 g/mol. The van der Waals surface area contributed by atoms with Crippen molar-refractivity contribution in [3.63, 3.8) is 0 Å². The Morgan fingerprint density at radius 2 is 1.02 bits per heavy atom. The predicted octanol–water partition coefficient (Wildman–Crippen LogP) is 6.81. The number of aliphatic hydroxyl groups is 2. The summed E-state index contributed by atoms with van der Waals surface area (Å²) in [6, 6.07) is 31.8. The minimum absolute atomic E-state index is 0.407. The summed E-state index contributed by atoms with van der Waals surface area (Å²) in [6.45, 7) is 0.801. The summed E-state index contributed by atoms with van der Waals surface area (Å²) >= 11 is 0. The van der Waals surface area contributed by atoms with Gasteiger partial charge in [-0.15, -0.1) is 0 Å². The van der Waals surface area contributed by atoms with Gasteiger partial charge in [-0.25, -0.2) is 0 Å². The lowest BCUT2D eigenvalue weighted by Crippen LogP contribution is -2.52. The van der Waals surface area contributed by atoms with Gasteiger partial charge >= 0.3 is 0 Å². The van der Waals surface area contributed by atoms with Crippen molar-refractivity contribution in [3.05, 3.63) is 102 Å². The predicted molar refractivity (Wildman–Crippen MR) is 176 cm³/mol. The maximum Gasteiger partial charge on any atom is 0.0897 e. The zero-order valence-electron chi connectivity index (χ0n) is 24.4. The molecule has 5 nitrogen and oxygen atoms in total. The van der Waals surface area contributed by atoms with E-state index in [0.717, 1.165) is 61.2 Å². The van der Waals surface area contributed by atoms with Crippen molar-refractivity contribution in [1.29, 1.82) is 0 Å². The van der Waals surface area contributed by atoms with Gasteiger partial charge < -0.3 is 24.9 Å². The summed E-state index contributed by atoms with van der Waals surface area (Å²) in [5.41, 5.74) is 5.64. The highest BCUT2D eigenvalue weighted by Crippen LogP contribution is 2.57. The van der Waals surface area contributed by atoms with Crippen LogP contribution in [0.4, 0.5) is 17.1 Å². The summed E-state index contributed by atoms with van der Waals surface area (Å²) < 4.78 is 0. The zero-order valence-corrected chi connectivity index (χ0v) is 24.4. The molecule has 0 spiro atoms. The fourth-order valence-corrected chi connectivity index (χ4v) is 8.12. The average molecular weight is 554 g/mol. The molecule has 2 aliphatic rings. The molecule has 0 radical (unpaired) electrons. The van der Waals surface area contributed by atoms with E-state index in [-0.39, 0.29) is 0 Å². The van der Waals surface area contributed by atoms with Crippen molar-refractivity contribution in [1.82, 2.24) is 0 Å². The minimum atomic E-state index is -0.739. The molecule has 6 aromatic rings. The number of hydrogen-bond donors (Lipinski definition) is 2. The van der Waals surface area contributed by atoms with Gasteiger partial charge in [0.2, 0.25) is 0 Å². The second kappa shape index (κ2) is 9.09. The largest absolute Gasteiger partial charge is 0.392 e. The van der Waals surface area contributed by atoms with Crippen LogP contribution in [0.25, 0.3) is 43.1 Å². The molecule has 6 aromatic carbocycles. The van der Waals surface area contributed by atoms with Crippen LogP contribution in [0.15, 0.2) is 91.0 Å². The molecule has 42 heavy (non-hydrogen) atoms. The van der Waals surface area contributed by atoms with Crippen molar-refractivity contribution in [2.24, 2.45) is 0 Å². The standard InChI is InChI=1S/C37H35N3O2/c1-38(2)34-24-15-8-5-12-21(24)29(22-13-6-9-16-25(22)34)32-36(41)33(37(32)42)30-23-14-7-10-17-26(23)35-31-27(30)18-11-19-28(31)39(3)20-40(35)4/h5-19,32-33,36-37,41-42H,20H2,1-4H3. The molecule has 8 rings (SSSR count). The van der Waals surface area contributed by atoms with Crippen molar-refractivity contribution >= 4 is 60.2 Å². The zero-order chi connectivity index (χ0) is 28.9. The lowest BCUT2D eigenvalue weighted by molar-refractivity contribution is -0.0765. The van der Waals surface area contributed by atoms with Gasteiger partial charge in [0.1, 0.15) is 0 Å². The van der Waals surface area contributed by atoms with Gasteiger partial charge in [-0.1, -0.05) is 84.9 Å². The van der Waals surface area contributed by atoms with E-state index < -0.39 is 24.0 Å². The molecule has 0 aromatic heterocycles. The van der Waals surface area contributed by atoms with Gasteiger partial charge in [0, 0.05) is 67.3 Å². The molecule has 1 fully saturated rings. The second-order valence-corrected chi connectivity index (χ2v) is 12.3.